The van der Waals surface area contributed by atoms with Crippen LogP contribution in [0.15, 0.2) is 0 Å². The van der Waals surface area contributed by atoms with Gasteiger partial charge >= 0.3 is 12.4 Å². The van der Waals surface area contributed by atoms with Crippen molar-refractivity contribution in [1.82, 2.24) is 0 Å². The van der Waals surface area contributed by atoms with E-state index in [4.69, 9.17) is 4.74 Å². The average molecular weight is 266 g/mol. The Bertz CT molecular complexity index is 188. The molecule has 17 heavy (non-hydrogen) atoms. The lowest BCUT2D eigenvalue weighted by atomic mass is 10.1. The second kappa shape index (κ2) is 6.47. The van der Waals surface area contributed by atoms with Crippen LogP contribution in [-0.4, -0.2) is 24.6 Å². The third kappa shape index (κ3) is 9.26. The number of hydrogen-bond acceptors (Lipinski definition) is 1. The van der Waals surface area contributed by atoms with Gasteiger partial charge in [-0.25, -0.2) is 0 Å². The fourth-order valence-electron chi connectivity index (χ4n) is 1.37. The molecule has 0 aromatic rings. The zero-order valence-corrected chi connectivity index (χ0v) is 9.66. The van der Waals surface area contributed by atoms with Crippen molar-refractivity contribution < 1.29 is 31.1 Å². The summed E-state index contributed by atoms with van der Waals surface area (Å²) in [6.07, 6.45) is -13.6. The Morgan fingerprint density at radius 3 is 1.24 bits per heavy atom. The van der Waals surface area contributed by atoms with Crippen molar-refractivity contribution in [3.63, 3.8) is 0 Å². The number of alkyl halides is 6. The molecule has 0 aliphatic carbocycles. The largest absolute Gasteiger partial charge is 0.391 e. The van der Waals surface area contributed by atoms with Gasteiger partial charge in [0.15, 0.2) is 0 Å². The highest BCUT2D eigenvalue weighted by molar-refractivity contribution is 4.68. The molecular weight excluding hydrogens is 250 g/mol. The highest BCUT2D eigenvalue weighted by atomic mass is 19.4. The first-order chi connectivity index (χ1) is 7.57. The van der Waals surface area contributed by atoms with Gasteiger partial charge in [-0.1, -0.05) is 13.8 Å². The van der Waals surface area contributed by atoms with Crippen LogP contribution < -0.4 is 0 Å². The van der Waals surface area contributed by atoms with E-state index in [9.17, 15) is 26.3 Å². The van der Waals surface area contributed by atoms with E-state index < -0.39 is 37.4 Å². The number of halogens is 6. The van der Waals surface area contributed by atoms with E-state index >= 15 is 0 Å². The van der Waals surface area contributed by atoms with E-state index in [1.807, 2.05) is 0 Å². The smallest absolute Gasteiger partial charge is 0.374 e. The van der Waals surface area contributed by atoms with E-state index in [-0.39, 0.29) is 12.8 Å². The number of hydrogen-bond donors (Lipinski definition) is 0. The minimum atomic E-state index is -4.42. The number of rotatable bonds is 6. The van der Waals surface area contributed by atoms with Crippen molar-refractivity contribution >= 4 is 0 Å². The molecule has 0 aliphatic rings. The van der Waals surface area contributed by atoms with Crippen molar-refractivity contribution in [3.05, 3.63) is 0 Å². The summed E-state index contributed by atoms with van der Waals surface area (Å²) in [5.74, 6) is 0. The molecule has 2 unspecified atom stereocenters. The summed E-state index contributed by atoms with van der Waals surface area (Å²) in [5.41, 5.74) is 0. The first kappa shape index (κ1) is 16.5. The topological polar surface area (TPSA) is 9.23 Å². The van der Waals surface area contributed by atoms with Gasteiger partial charge in [-0.2, -0.15) is 26.3 Å². The Kier molecular flexibility index (Phi) is 6.29. The van der Waals surface area contributed by atoms with E-state index in [0.717, 1.165) is 0 Å². The molecule has 0 amide bonds. The van der Waals surface area contributed by atoms with Gasteiger partial charge in [0.2, 0.25) is 0 Å². The molecule has 0 N–H and O–H groups in total. The van der Waals surface area contributed by atoms with E-state index in [2.05, 4.69) is 0 Å². The van der Waals surface area contributed by atoms with Crippen molar-refractivity contribution in [3.8, 4) is 0 Å². The Balaban J connectivity index is 4.32. The van der Waals surface area contributed by atoms with Crippen molar-refractivity contribution in [2.24, 2.45) is 0 Å². The minimum Gasteiger partial charge on any atom is -0.374 e. The van der Waals surface area contributed by atoms with Gasteiger partial charge < -0.3 is 4.74 Å². The monoisotopic (exact) mass is 266 g/mol. The van der Waals surface area contributed by atoms with Crippen molar-refractivity contribution in [2.75, 3.05) is 0 Å². The van der Waals surface area contributed by atoms with Crippen LogP contribution >= 0.6 is 0 Å². The molecule has 0 saturated carbocycles. The van der Waals surface area contributed by atoms with Gasteiger partial charge in [-0.3, -0.25) is 0 Å². The zero-order chi connectivity index (χ0) is 13.7. The van der Waals surface area contributed by atoms with Crippen LogP contribution in [0.2, 0.25) is 0 Å². The Morgan fingerprint density at radius 1 is 0.765 bits per heavy atom. The van der Waals surface area contributed by atoms with Crippen LogP contribution in [-0.2, 0) is 4.74 Å². The van der Waals surface area contributed by atoms with Gasteiger partial charge in [0, 0.05) is 0 Å². The lowest BCUT2D eigenvalue weighted by molar-refractivity contribution is -0.190. The Labute approximate surface area is 96.1 Å². The van der Waals surface area contributed by atoms with E-state index in [1.165, 1.54) is 13.8 Å². The van der Waals surface area contributed by atoms with Crippen LogP contribution in [0.5, 0.6) is 0 Å². The summed E-state index contributed by atoms with van der Waals surface area (Å²) in [4.78, 5) is 0. The molecule has 104 valence electrons. The number of ether oxygens (including phenoxy) is 1. The predicted molar refractivity (Wildman–Crippen MR) is 50.6 cm³/mol. The van der Waals surface area contributed by atoms with Crippen LogP contribution in [0, 0.1) is 0 Å². The first-order valence-corrected chi connectivity index (χ1v) is 5.36. The molecule has 0 radical (unpaired) electrons. The average Bonchev–Trinajstić information content (AvgIpc) is 2.11. The lowest BCUT2D eigenvalue weighted by Gasteiger charge is -2.25. The molecule has 0 bridgehead atoms. The summed E-state index contributed by atoms with van der Waals surface area (Å²) in [6, 6.07) is 0. The normalized spacial score (nSPS) is 16.9. The third-order valence-corrected chi connectivity index (χ3v) is 2.21. The molecule has 7 heteroatoms. The predicted octanol–water partition coefficient (Wildman–Crippen LogP) is 4.47. The highest BCUT2D eigenvalue weighted by Crippen LogP contribution is 2.29. The summed E-state index contributed by atoms with van der Waals surface area (Å²) in [5, 5.41) is 0. The second-order valence-corrected chi connectivity index (χ2v) is 3.84. The quantitative estimate of drug-likeness (QED) is 0.645. The van der Waals surface area contributed by atoms with E-state index in [1.54, 1.807) is 0 Å². The summed E-state index contributed by atoms with van der Waals surface area (Å²) < 4.78 is 77.4. The van der Waals surface area contributed by atoms with Gasteiger partial charge in [0.25, 0.3) is 0 Å². The zero-order valence-electron chi connectivity index (χ0n) is 9.66. The second-order valence-electron chi connectivity index (χ2n) is 3.84. The fraction of sp³-hybridized carbons (Fsp3) is 1.00. The van der Waals surface area contributed by atoms with E-state index in [0.29, 0.717) is 0 Å². The maximum absolute atomic E-state index is 12.1. The molecule has 0 spiro atoms. The SMILES string of the molecule is CCC(CC(F)(F)F)OC(CC)CC(F)(F)F. The third-order valence-electron chi connectivity index (χ3n) is 2.21. The van der Waals surface area contributed by atoms with Crippen LogP contribution in [0.1, 0.15) is 39.5 Å². The van der Waals surface area contributed by atoms with Gasteiger partial charge in [0.05, 0.1) is 25.0 Å². The maximum Gasteiger partial charge on any atom is 0.391 e. The van der Waals surface area contributed by atoms with Gasteiger partial charge in [-0.05, 0) is 12.8 Å². The molecular formula is C10H16F6O. The summed E-state index contributed by atoms with van der Waals surface area (Å²) in [7, 11) is 0. The summed E-state index contributed by atoms with van der Waals surface area (Å²) in [6.45, 7) is 2.91. The Morgan fingerprint density at radius 2 is 1.06 bits per heavy atom. The maximum atomic E-state index is 12.1. The summed E-state index contributed by atoms with van der Waals surface area (Å²) >= 11 is 0. The molecule has 1 nitrogen and oxygen atoms in total. The van der Waals surface area contributed by atoms with Crippen LogP contribution in [0.25, 0.3) is 0 Å². The fourth-order valence-corrected chi connectivity index (χ4v) is 1.37. The highest BCUT2D eigenvalue weighted by Gasteiger charge is 2.36. The lowest BCUT2D eigenvalue weighted by Crippen LogP contribution is -2.29. The van der Waals surface area contributed by atoms with Crippen molar-refractivity contribution in [2.45, 2.75) is 64.1 Å². The molecule has 0 aromatic carbocycles. The Hall–Kier alpha value is -0.460. The molecule has 0 aliphatic heterocycles. The standard InChI is InChI=1S/C10H16F6O/c1-3-7(5-9(11,12)13)17-8(4-2)6-10(14,15)16/h7-8H,3-6H2,1-2H3. The molecule has 0 aromatic heterocycles. The van der Waals surface area contributed by atoms with Gasteiger partial charge in [-0.15, -0.1) is 0 Å². The molecule has 0 rings (SSSR count). The minimum absolute atomic E-state index is 0.0356. The first-order valence-electron chi connectivity index (χ1n) is 5.36. The van der Waals surface area contributed by atoms with Crippen LogP contribution in [0.4, 0.5) is 26.3 Å². The van der Waals surface area contributed by atoms with Crippen LogP contribution in [0.3, 0.4) is 0 Å². The molecule has 0 saturated heterocycles. The van der Waals surface area contributed by atoms with Crippen molar-refractivity contribution in [1.29, 1.82) is 0 Å². The molecule has 2 atom stereocenters. The molecule has 0 fully saturated rings. The molecule has 0 heterocycles. The van der Waals surface area contributed by atoms with Gasteiger partial charge in [0.1, 0.15) is 0 Å².